The largest absolute Gasteiger partial charge is 0.497 e. The van der Waals surface area contributed by atoms with Crippen LogP contribution in [0, 0.1) is 0 Å². The molecule has 1 aromatic heterocycles. The number of aryl methyl sites for hydroxylation is 2. The highest BCUT2D eigenvalue weighted by atomic mass is 16.5. The molecule has 1 atom stereocenters. The van der Waals surface area contributed by atoms with Gasteiger partial charge in [-0.2, -0.15) is 0 Å². The van der Waals surface area contributed by atoms with E-state index in [1.807, 2.05) is 24.4 Å². The number of hydrogen-bond donors (Lipinski definition) is 1. The maximum absolute atomic E-state index is 12.5. The van der Waals surface area contributed by atoms with E-state index in [0.29, 0.717) is 0 Å². The molecule has 1 aromatic carbocycles. The lowest BCUT2D eigenvalue weighted by atomic mass is 9.83. The van der Waals surface area contributed by atoms with Crippen molar-refractivity contribution in [3.8, 4) is 5.75 Å². The molecule has 0 spiro atoms. The first-order valence-electron chi connectivity index (χ1n) is 11.4. The number of allylic oxidation sites excluding steroid dienone is 3. The van der Waals surface area contributed by atoms with E-state index in [0.717, 1.165) is 50.7 Å². The number of carbonyl (C=O) groups excluding carboxylic acids is 1. The Balaban J connectivity index is 1.58. The van der Waals surface area contributed by atoms with Gasteiger partial charge in [0.15, 0.2) is 0 Å². The second kappa shape index (κ2) is 11.5. The van der Waals surface area contributed by atoms with Crippen LogP contribution in [0.3, 0.4) is 0 Å². The lowest BCUT2D eigenvalue weighted by molar-refractivity contribution is -0.117. The molecule has 1 aliphatic carbocycles. The lowest BCUT2D eigenvalue weighted by Crippen LogP contribution is -2.31. The Bertz CT molecular complexity index is 932. The molecule has 3 rings (SSSR count). The normalized spacial score (nSPS) is 14.4. The van der Waals surface area contributed by atoms with Crippen LogP contribution in [0.15, 0.2) is 60.5 Å². The Morgan fingerprint density at radius 2 is 2.13 bits per heavy atom. The van der Waals surface area contributed by atoms with Crippen LogP contribution in [0.2, 0.25) is 0 Å². The van der Waals surface area contributed by atoms with E-state index in [1.165, 1.54) is 27.8 Å². The van der Waals surface area contributed by atoms with E-state index in [9.17, 15) is 4.79 Å². The first-order chi connectivity index (χ1) is 15.1. The number of hydrogen-bond acceptors (Lipinski definition) is 3. The molecule has 1 aliphatic rings. The van der Waals surface area contributed by atoms with Crippen LogP contribution in [0.4, 0.5) is 0 Å². The number of ether oxygens (including phenoxy) is 1. The molecular formula is C27H34N2O2. The summed E-state index contributed by atoms with van der Waals surface area (Å²) >= 11 is 0. The summed E-state index contributed by atoms with van der Waals surface area (Å²) in [6.45, 7) is 4.27. The highest BCUT2D eigenvalue weighted by molar-refractivity contribution is 5.89. The Morgan fingerprint density at radius 1 is 1.26 bits per heavy atom. The lowest BCUT2D eigenvalue weighted by Gasteiger charge is -2.22. The molecule has 164 valence electrons. The topological polar surface area (TPSA) is 51.2 Å². The second-order valence-electron chi connectivity index (χ2n) is 8.27. The van der Waals surface area contributed by atoms with E-state index >= 15 is 0 Å². The SMILES string of the molecule is CCCC1=C(/C=C/C(=O)NC(C)CCCc2cccnc2)CCc2cc(OC)ccc21. The number of rotatable bonds is 10. The van der Waals surface area contributed by atoms with E-state index in [2.05, 4.69) is 42.3 Å². The first-order valence-corrected chi connectivity index (χ1v) is 11.4. The highest BCUT2D eigenvalue weighted by Crippen LogP contribution is 2.36. The Morgan fingerprint density at radius 3 is 2.87 bits per heavy atom. The maximum Gasteiger partial charge on any atom is 0.244 e. The fourth-order valence-corrected chi connectivity index (χ4v) is 4.22. The van der Waals surface area contributed by atoms with Gasteiger partial charge in [-0.05, 0) is 91.5 Å². The molecule has 0 fully saturated rings. The number of fused-ring (bicyclic) bond motifs is 1. The molecule has 0 saturated heterocycles. The van der Waals surface area contributed by atoms with Crippen molar-refractivity contribution in [1.29, 1.82) is 0 Å². The van der Waals surface area contributed by atoms with Gasteiger partial charge >= 0.3 is 0 Å². The Hall–Kier alpha value is -2.88. The number of nitrogens with one attached hydrogen (secondary N) is 1. The van der Waals surface area contributed by atoms with E-state index in [4.69, 9.17) is 4.74 Å². The van der Waals surface area contributed by atoms with E-state index < -0.39 is 0 Å². The van der Waals surface area contributed by atoms with Gasteiger partial charge in [0, 0.05) is 24.5 Å². The minimum absolute atomic E-state index is 0.0160. The number of pyridine rings is 1. The summed E-state index contributed by atoms with van der Waals surface area (Å²) in [5.74, 6) is 0.892. The second-order valence-corrected chi connectivity index (χ2v) is 8.27. The molecule has 31 heavy (non-hydrogen) atoms. The predicted octanol–water partition coefficient (Wildman–Crippen LogP) is 5.67. The Labute approximate surface area is 186 Å². The minimum Gasteiger partial charge on any atom is -0.497 e. The molecule has 0 aliphatic heterocycles. The summed E-state index contributed by atoms with van der Waals surface area (Å²) in [5.41, 5.74) is 6.52. The molecule has 1 N–H and O–H groups in total. The first kappa shape index (κ1) is 22.8. The van der Waals surface area contributed by atoms with Crippen LogP contribution in [0.1, 0.15) is 62.6 Å². The molecule has 1 amide bonds. The molecule has 2 aromatic rings. The van der Waals surface area contributed by atoms with Gasteiger partial charge in [0.25, 0.3) is 0 Å². The minimum atomic E-state index is -0.0160. The van der Waals surface area contributed by atoms with Gasteiger partial charge in [0.1, 0.15) is 5.75 Å². The van der Waals surface area contributed by atoms with Crippen molar-refractivity contribution in [2.45, 2.75) is 64.8 Å². The summed E-state index contributed by atoms with van der Waals surface area (Å²) in [4.78, 5) is 16.6. The van der Waals surface area contributed by atoms with Gasteiger partial charge in [-0.1, -0.05) is 31.6 Å². The molecule has 0 saturated carbocycles. The van der Waals surface area contributed by atoms with E-state index in [-0.39, 0.29) is 11.9 Å². The zero-order chi connectivity index (χ0) is 22.1. The van der Waals surface area contributed by atoms with Crippen LogP contribution in [0.5, 0.6) is 5.75 Å². The van der Waals surface area contributed by atoms with Gasteiger partial charge in [-0.25, -0.2) is 0 Å². The number of amides is 1. The van der Waals surface area contributed by atoms with E-state index in [1.54, 1.807) is 19.4 Å². The third kappa shape index (κ3) is 6.55. The van der Waals surface area contributed by atoms with Crippen LogP contribution in [-0.4, -0.2) is 24.0 Å². The van der Waals surface area contributed by atoms with Gasteiger partial charge in [0.2, 0.25) is 5.91 Å². The average Bonchev–Trinajstić information content (AvgIpc) is 2.79. The summed E-state index contributed by atoms with van der Waals surface area (Å²) in [5, 5.41) is 3.11. The molecular weight excluding hydrogens is 384 g/mol. The average molecular weight is 419 g/mol. The Kier molecular flexibility index (Phi) is 8.45. The van der Waals surface area contributed by atoms with Crippen LogP contribution >= 0.6 is 0 Å². The predicted molar refractivity (Wildman–Crippen MR) is 127 cm³/mol. The molecule has 4 heteroatoms. The van der Waals surface area contributed by atoms with Gasteiger partial charge in [-0.15, -0.1) is 0 Å². The number of carbonyl (C=O) groups is 1. The smallest absolute Gasteiger partial charge is 0.244 e. The van der Waals surface area contributed by atoms with Gasteiger partial charge in [-0.3, -0.25) is 9.78 Å². The molecule has 1 unspecified atom stereocenters. The quantitative estimate of drug-likeness (QED) is 0.506. The van der Waals surface area contributed by atoms with Crippen LogP contribution in [0.25, 0.3) is 5.57 Å². The van der Waals surface area contributed by atoms with Crippen molar-refractivity contribution in [1.82, 2.24) is 10.3 Å². The summed E-state index contributed by atoms with van der Waals surface area (Å²) in [6.07, 6.45) is 14.4. The third-order valence-electron chi connectivity index (χ3n) is 5.84. The fourth-order valence-electron chi connectivity index (χ4n) is 4.22. The molecule has 0 bridgehead atoms. The molecule has 1 heterocycles. The summed E-state index contributed by atoms with van der Waals surface area (Å²) in [7, 11) is 1.71. The summed E-state index contributed by atoms with van der Waals surface area (Å²) < 4.78 is 5.39. The molecule has 4 nitrogen and oxygen atoms in total. The fraction of sp³-hybridized carbons (Fsp3) is 0.407. The number of methoxy groups -OCH3 is 1. The van der Waals surface area contributed by atoms with Gasteiger partial charge in [0.05, 0.1) is 7.11 Å². The van der Waals surface area contributed by atoms with Crippen molar-refractivity contribution in [3.05, 3.63) is 77.1 Å². The monoisotopic (exact) mass is 418 g/mol. The van der Waals surface area contributed by atoms with Crippen LogP contribution in [-0.2, 0) is 17.6 Å². The van der Waals surface area contributed by atoms with Crippen molar-refractivity contribution in [3.63, 3.8) is 0 Å². The van der Waals surface area contributed by atoms with Crippen molar-refractivity contribution < 1.29 is 9.53 Å². The third-order valence-corrected chi connectivity index (χ3v) is 5.84. The number of aromatic nitrogens is 1. The standard InChI is InChI=1S/C27H34N2O2/c1-4-7-25-22(11-12-23-18-24(31-3)14-15-26(23)25)13-16-27(30)29-20(2)8-5-9-21-10-6-17-28-19-21/h6,10,13-20H,4-5,7-9,11-12H2,1-3H3,(H,29,30)/b16-13+. The van der Waals surface area contributed by atoms with Crippen molar-refractivity contribution in [2.24, 2.45) is 0 Å². The number of benzene rings is 1. The van der Waals surface area contributed by atoms with Gasteiger partial charge < -0.3 is 10.1 Å². The summed E-state index contributed by atoms with van der Waals surface area (Å²) in [6, 6.07) is 10.5. The van der Waals surface area contributed by atoms with Crippen LogP contribution < -0.4 is 10.1 Å². The maximum atomic E-state index is 12.5. The molecule has 0 radical (unpaired) electrons. The van der Waals surface area contributed by atoms with Crippen molar-refractivity contribution >= 4 is 11.5 Å². The number of nitrogens with zero attached hydrogens (tertiary/aromatic N) is 1. The zero-order valence-electron chi connectivity index (χ0n) is 19.0. The van der Waals surface area contributed by atoms with Crippen molar-refractivity contribution in [2.75, 3.05) is 7.11 Å². The zero-order valence-corrected chi connectivity index (χ0v) is 19.0. The highest BCUT2D eigenvalue weighted by Gasteiger charge is 2.18.